The van der Waals surface area contributed by atoms with E-state index in [1.807, 2.05) is 12.1 Å². The quantitative estimate of drug-likeness (QED) is 0.184. The minimum Gasteiger partial charge on any atom is -0.497 e. The maximum absolute atomic E-state index is 12.7. The molecule has 1 atom stereocenters. The summed E-state index contributed by atoms with van der Waals surface area (Å²) in [6, 6.07) is 15.4. The number of nitro groups is 1. The van der Waals surface area contributed by atoms with E-state index in [2.05, 4.69) is 21.4 Å². The lowest BCUT2D eigenvalue weighted by molar-refractivity contribution is -0.385. The van der Waals surface area contributed by atoms with Crippen molar-refractivity contribution in [3.8, 4) is 17.6 Å². The first-order chi connectivity index (χ1) is 18.9. The Morgan fingerprint density at radius 1 is 1.21 bits per heavy atom. The molecule has 0 radical (unpaired) electrons. The van der Waals surface area contributed by atoms with Gasteiger partial charge in [0, 0.05) is 48.3 Å². The number of carbonyl (C=O) groups excluding carboxylic acids is 1. The SMILES string of the molecule is COc1ccc(CC(=O)c2ccc(Nc3c(C#N)cnc4cc(OC5CCOC5)c([N+](=O)[O-])cc34)nc2)cc1. The number of nitrogens with zero attached hydrogens (tertiary/aromatic N) is 4. The third-order valence-electron chi connectivity index (χ3n) is 6.31. The largest absolute Gasteiger partial charge is 0.497 e. The van der Waals surface area contributed by atoms with Gasteiger partial charge >= 0.3 is 5.69 Å². The van der Waals surface area contributed by atoms with Gasteiger partial charge < -0.3 is 19.5 Å². The minimum absolute atomic E-state index is 0.0870. The first kappa shape index (κ1) is 25.6. The Labute approximate surface area is 223 Å². The monoisotopic (exact) mass is 525 g/mol. The van der Waals surface area contributed by atoms with E-state index in [0.29, 0.717) is 53.4 Å². The van der Waals surface area contributed by atoms with E-state index in [0.717, 1.165) is 5.56 Å². The molecule has 1 aliphatic heterocycles. The van der Waals surface area contributed by atoms with Crippen molar-refractivity contribution in [1.29, 1.82) is 5.26 Å². The van der Waals surface area contributed by atoms with Crippen molar-refractivity contribution in [1.82, 2.24) is 9.97 Å². The molecule has 196 valence electrons. The van der Waals surface area contributed by atoms with Gasteiger partial charge in [-0.1, -0.05) is 12.1 Å². The van der Waals surface area contributed by atoms with Crippen molar-refractivity contribution in [3.63, 3.8) is 0 Å². The van der Waals surface area contributed by atoms with Crippen LogP contribution in [0.2, 0.25) is 0 Å². The fraction of sp³-hybridized carbons (Fsp3) is 0.214. The molecule has 1 fully saturated rings. The molecular weight excluding hydrogens is 502 g/mol. The molecule has 2 aromatic heterocycles. The molecular formula is C28H23N5O6. The normalized spacial score (nSPS) is 14.5. The predicted molar refractivity (Wildman–Crippen MR) is 142 cm³/mol. The topological polar surface area (TPSA) is 150 Å². The van der Waals surface area contributed by atoms with Gasteiger partial charge in [0.05, 0.1) is 42.0 Å². The average molecular weight is 526 g/mol. The first-order valence-corrected chi connectivity index (χ1v) is 12.1. The molecule has 0 bridgehead atoms. The summed E-state index contributed by atoms with van der Waals surface area (Å²) in [5.41, 5.74) is 1.91. The van der Waals surface area contributed by atoms with Crippen molar-refractivity contribution in [3.05, 3.63) is 87.7 Å². The number of hydrogen-bond donors (Lipinski definition) is 1. The molecule has 5 rings (SSSR count). The molecule has 11 nitrogen and oxygen atoms in total. The number of anilines is 2. The van der Waals surface area contributed by atoms with E-state index in [-0.39, 0.29) is 35.3 Å². The van der Waals surface area contributed by atoms with Crippen LogP contribution >= 0.6 is 0 Å². The van der Waals surface area contributed by atoms with Crippen molar-refractivity contribution in [2.24, 2.45) is 0 Å². The van der Waals surface area contributed by atoms with Gasteiger partial charge in [-0.15, -0.1) is 0 Å². The Kier molecular flexibility index (Phi) is 7.29. The standard InChI is InChI=1S/C28H23N5O6/c1-37-20-5-2-17(3-6-20)10-25(34)18-4-7-27(31-14-18)32-28-19(13-29)15-30-23-12-26(39-21-8-9-38-16-21)24(33(35)36)11-22(23)28/h2-7,11-12,14-15,21H,8-10,16H2,1H3,(H,30,31,32). The fourth-order valence-electron chi connectivity index (χ4n) is 4.24. The summed E-state index contributed by atoms with van der Waals surface area (Å²) in [4.78, 5) is 32.7. The molecule has 2 aromatic carbocycles. The number of rotatable bonds is 9. The van der Waals surface area contributed by atoms with Crippen LogP contribution in [0, 0.1) is 21.4 Å². The number of methoxy groups -OCH3 is 1. The fourth-order valence-corrected chi connectivity index (χ4v) is 4.24. The third-order valence-corrected chi connectivity index (χ3v) is 6.31. The Morgan fingerprint density at radius 2 is 2.03 bits per heavy atom. The molecule has 11 heteroatoms. The van der Waals surface area contributed by atoms with Crippen molar-refractivity contribution in [2.75, 3.05) is 25.6 Å². The molecule has 0 amide bonds. The van der Waals surface area contributed by atoms with Crippen LogP contribution in [-0.2, 0) is 11.2 Å². The zero-order chi connectivity index (χ0) is 27.4. The molecule has 4 aromatic rings. The number of pyridine rings is 2. The summed E-state index contributed by atoms with van der Waals surface area (Å²) in [7, 11) is 1.58. The second-order valence-corrected chi connectivity index (χ2v) is 8.86. The number of ketones is 1. The van der Waals surface area contributed by atoms with Gasteiger partial charge in [-0.3, -0.25) is 19.9 Å². The summed E-state index contributed by atoms with van der Waals surface area (Å²) in [5, 5.41) is 25.0. The third kappa shape index (κ3) is 5.61. The number of nitriles is 1. The van der Waals surface area contributed by atoms with Gasteiger partial charge in [0.1, 0.15) is 23.7 Å². The van der Waals surface area contributed by atoms with Crippen LogP contribution < -0.4 is 14.8 Å². The van der Waals surface area contributed by atoms with Gasteiger partial charge in [0.25, 0.3) is 0 Å². The lowest BCUT2D eigenvalue weighted by Crippen LogP contribution is -2.16. The number of nitro benzene ring substituents is 1. The maximum atomic E-state index is 12.7. The Hall–Kier alpha value is -5.08. The Bertz CT molecular complexity index is 1580. The number of carbonyl (C=O) groups is 1. The average Bonchev–Trinajstić information content (AvgIpc) is 3.46. The summed E-state index contributed by atoms with van der Waals surface area (Å²) in [6.07, 6.45) is 3.38. The number of benzene rings is 2. The van der Waals surface area contributed by atoms with Crippen LogP contribution in [-0.4, -0.2) is 47.1 Å². The summed E-state index contributed by atoms with van der Waals surface area (Å²) >= 11 is 0. The summed E-state index contributed by atoms with van der Waals surface area (Å²) in [5.74, 6) is 1.04. The van der Waals surface area contributed by atoms with E-state index in [4.69, 9.17) is 14.2 Å². The van der Waals surface area contributed by atoms with Gasteiger partial charge in [0.2, 0.25) is 0 Å². The molecule has 0 aliphatic carbocycles. The van der Waals surface area contributed by atoms with Gasteiger partial charge in [-0.2, -0.15) is 5.26 Å². The van der Waals surface area contributed by atoms with Crippen LogP contribution in [0.15, 0.2) is 60.9 Å². The lowest BCUT2D eigenvalue weighted by atomic mass is 10.0. The number of ether oxygens (including phenoxy) is 3. The van der Waals surface area contributed by atoms with Crippen molar-refractivity contribution in [2.45, 2.75) is 18.9 Å². The van der Waals surface area contributed by atoms with Gasteiger partial charge in [0.15, 0.2) is 11.5 Å². The maximum Gasteiger partial charge on any atom is 0.311 e. The highest BCUT2D eigenvalue weighted by molar-refractivity contribution is 5.99. The van der Waals surface area contributed by atoms with Crippen molar-refractivity contribution >= 4 is 33.9 Å². The van der Waals surface area contributed by atoms with E-state index in [9.17, 15) is 20.2 Å². The Morgan fingerprint density at radius 3 is 2.67 bits per heavy atom. The van der Waals surface area contributed by atoms with E-state index >= 15 is 0 Å². The smallest absolute Gasteiger partial charge is 0.311 e. The Balaban J connectivity index is 1.41. The molecule has 39 heavy (non-hydrogen) atoms. The van der Waals surface area contributed by atoms with E-state index < -0.39 is 4.92 Å². The number of Topliss-reactive ketones (excluding diaryl/α,β-unsaturated/α-hetero) is 1. The lowest BCUT2D eigenvalue weighted by Gasteiger charge is -2.15. The number of nitrogens with one attached hydrogen (secondary N) is 1. The molecule has 1 N–H and O–H groups in total. The van der Waals surface area contributed by atoms with Crippen LogP contribution in [0.3, 0.4) is 0 Å². The molecule has 1 aliphatic rings. The highest BCUT2D eigenvalue weighted by Gasteiger charge is 2.25. The molecule has 0 saturated carbocycles. The summed E-state index contributed by atoms with van der Waals surface area (Å²) < 4.78 is 16.3. The zero-order valence-electron chi connectivity index (χ0n) is 20.9. The van der Waals surface area contributed by atoms with E-state index in [1.165, 1.54) is 24.5 Å². The number of fused-ring (bicyclic) bond motifs is 1. The first-order valence-electron chi connectivity index (χ1n) is 12.1. The molecule has 1 saturated heterocycles. The number of aromatic nitrogens is 2. The zero-order valence-corrected chi connectivity index (χ0v) is 20.9. The second-order valence-electron chi connectivity index (χ2n) is 8.86. The highest BCUT2D eigenvalue weighted by atomic mass is 16.6. The van der Waals surface area contributed by atoms with Crippen molar-refractivity contribution < 1.29 is 23.9 Å². The van der Waals surface area contributed by atoms with Crippen LogP contribution in [0.25, 0.3) is 10.9 Å². The molecule has 1 unspecified atom stereocenters. The van der Waals surface area contributed by atoms with Gasteiger partial charge in [-0.05, 0) is 29.8 Å². The predicted octanol–water partition coefficient (Wildman–Crippen LogP) is 4.75. The van der Waals surface area contributed by atoms with E-state index in [1.54, 1.807) is 31.4 Å². The summed E-state index contributed by atoms with van der Waals surface area (Å²) in [6.45, 7) is 0.885. The molecule has 3 heterocycles. The number of hydrogen-bond acceptors (Lipinski definition) is 10. The molecule has 0 spiro atoms. The highest BCUT2D eigenvalue weighted by Crippen LogP contribution is 2.37. The van der Waals surface area contributed by atoms with Crippen LogP contribution in [0.1, 0.15) is 27.9 Å². The second kappa shape index (κ2) is 11.1. The van der Waals surface area contributed by atoms with Gasteiger partial charge in [-0.25, -0.2) is 4.98 Å². The van der Waals surface area contributed by atoms with Crippen LogP contribution in [0.4, 0.5) is 17.2 Å². The minimum atomic E-state index is -0.533. The van der Waals surface area contributed by atoms with Crippen LogP contribution in [0.5, 0.6) is 11.5 Å².